The lowest BCUT2D eigenvalue weighted by Gasteiger charge is -2.36. The van der Waals surface area contributed by atoms with E-state index in [0.29, 0.717) is 0 Å². The van der Waals surface area contributed by atoms with Crippen LogP contribution in [0.3, 0.4) is 0 Å². The molecule has 4 nitrogen and oxygen atoms in total. The lowest BCUT2D eigenvalue weighted by molar-refractivity contribution is 0.590. The van der Waals surface area contributed by atoms with Crippen LogP contribution < -0.4 is 9.80 Å². The molecule has 0 bridgehead atoms. The number of anilines is 6. The van der Waals surface area contributed by atoms with Crippen molar-refractivity contribution in [3.63, 3.8) is 0 Å². The molecule has 0 fully saturated rings. The van der Waals surface area contributed by atoms with Gasteiger partial charge < -0.3 is 9.32 Å². The maximum Gasteiger partial charge on any atom is 0.145 e. The Balaban J connectivity index is 1.21. The van der Waals surface area contributed by atoms with Gasteiger partial charge in [0.2, 0.25) is 0 Å². The van der Waals surface area contributed by atoms with Crippen LogP contribution in [0.5, 0.6) is 0 Å². The fraction of sp³-hybridized carbons (Fsp3) is 0.160. The Morgan fingerprint density at radius 2 is 0.911 bits per heavy atom. The molecule has 0 amide bonds. The Morgan fingerprint density at radius 3 is 1.49 bits per heavy atom. The average Bonchev–Trinajstić information content (AvgIpc) is 3.22. The number of fused-ring (bicyclic) bond motifs is 9. The van der Waals surface area contributed by atoms with Crippen molar-refractivity contribution in [2.45, 2.75) is 78.6 Å². The van der Waals surface area contributed by atoms with E-state index in [4.69, 9.17) is 9.40 Å². The summed E-state index contributed by atoms with van der Waals surface area (Å²) in [6.45, 7) is 20.2. The maximum atomic E-state index is 7.55. The van der Waals surface area contributed by atoms with Crippen molar-refractivity contribution in [2.24, 2.45) is 0 Å². The minimum absolute atomic E-state index is 0.00870. The number of furan rings is 1. The zero-order chi connectivity index (χ0) is 54.4. The first-order valence-electron chi connectivity index (χ1n) is 27.8. The first-order chi connectivity index (χ1) is 38.2. The van der Waals surface area contributed by atoms with Gasteiger partial charge in [0.25, 0.3) is 0 Å². The van der Waals surface area contributed by atoms with Crippen LogP contribution in [0.4, 0.5) is 34.3 Å². The smallest absolute Gasteiger partial charge is 0.145 e. The number of hydrogen-bond donors (Lipinski definition) is 0. The third kappa shape index (κ3) is 8.23. The molecule has 0 saturated heterocycles. The topological polar surface area (TPSA) is 32.5 Å². The summed E-state index contributed by atoms with van der Waals surface area (Å²) in [5.41, 5.74) is 21.2. The van der Waals surface area contributed by atoms with Gasteiger partial charge in [-0.3, -0.25) is 4.90 Å². The van der Waals surface area contributed by atoms with Crippen molar-refractivity contribution in [1.82, 2.24) is 4.98 Å². The molecule has 79 heavy (non-hydrogen) atoms. The molecule has 0 unspecified atom stereocenters. The monoisotopic (exact) mass is 1020 g/mol. The minimum Gasteiger partial charge on any atom is -0.455 e. The third-order valence-electron chi connectivity index (χ3n) is 16.4. The van der Waals surface area contributed by atoms with E-state index in [0.717, 1.165) is 106 Å². The Bertz CT molecular complexity index is 4220. The normalized spacial score (nSPS) is 13.0. The second-order valence-corrected chi connectivity index (χ2v) is 23.8. The lowest BCUT2D eigenvalue weighted by Crippen LogP contribution is -2.29. The van der Waals surface area contributed by atoms with Crippen LogP contribution in [-0.4, -0.2) is 4.98 Å². The highest BCUT2D eigenvalue weighted by Crippen LogP contribution is 2.64. The highest BCUT2D eigenvalue weighted by molar-refractivity contribution is 6.23. The largest absolute Gasteiger partial charge is 0.455 e. The predicted octanol–water partition coefficient (Wildman–Crippen LogP) is 20.6. The number of aryl methyl sites for hydroxylation is 3. The summed E-state index contributed by atoms with van der Waals surface area (Å²) in [6.07, 6.45) is 2.01. The zero-order valence-corrected chi connectivity index (χ0v) is 46.7. The molecule has 12 aromatic rings. The molecular formula is C75H65N3O. The van der Waals surface area contributed by atoms with E-state index in [9.17, 15) is 0 Å². The Kier molecular flexibility index (Phi) is 11.9. The van der Waals surface area contributed by atoms with Gasteiger partial charge in [0.05, 0.1) is 22.2 Å². The summed E-state index contributed by atoms with van der Waals surface area (Å²) in [7, 11) is 0. The summed E-state index contributed by atoms with van der Waals surface area (Å²) in [5.74, 6) is 0.835. The molecule has 0 spiro atoms. The maximum absolute atomic E-state index is 7.55. The second-order valence-electron chi connectivity index (χ2n) is 23.8. The standard InChI is InChI=1S/C75H65N3O/c1-48-41-49(2)43-58(42-48)77(56-37-33-52(34-38-56)73(4,5)6)65-45-63-68(60-30-20-19-29-59(60)65)70-64(75(63,54-25-15-11-16-26-54)55-27-17-12-18-28-55)46-66(69-61-31-21-22-32-67(61)79-71(69)70)78(57-39-35-53(36-40-57)74(7,8)9)72-62(44-50(3)47-76-72)51-23-13-10-14-24-51/h10-47H,1-9H3. The van der Waals surface area contributed by atoms with Crippen LogP contribution in [0.25, 0.3) is 55.0 Å². The molecule has 1 aliphatic carbocycles. The van der Waals surface area contributed by atoms with E-state index in [1.54, 1.807) is 0 Å². The summed E-state index contributed by atoms with van der Waals surface area (Å²) in [4.78, 5) is 10.4. The van der Waals surface area contributed by atoms with Crippen molar-refractivity contribution in [3.8, 4) is 22.3 Å². The summed E-state index contributed by atoms with van der Waals surface area (Å²) >= 11 is 0. The van der Waals surface area contributed by atoms with E-state index in [-0.39, 0.29) is 10.8 Å². The first kappa shape index (κ1) is 49.6. The number of pyridine rings is 1. The molecule has 0 radical (unpaired) electrons. The molecule has 2 aromatic heterocycles. The highest BCUT2D eigenvalue weighted by atomic mass is 16.3. The Labute approximate surface area is 465 Å². The van der Waals surface area contributed by atoms with Crippen molar-refractivity contribution in [3.05, 3.63) is 281 Å². The van der Waals surface area contributed by atoms with Gasteiger partial charge in [-0.25, -0.2) is 4.98 Å². The highest BCUT2D eigenvalue weighted by Gasteiger charge is 2.50. The lowest BCUT2D eigenvalue weighted by atomic mass is 9.67. The molecule has 0 aliphatic heterocycles. The number of aromatic nitrogens is 1. The van der Waals surface area contributed by atoms with Crippen molar-refractivity contribution in [1.29, 1.82) is 0 Å². The number of nitrogens with zero attached hydrogens (tertiary/aromatic N) is 3. The molecule has 386 valence electrons. The summed E-state index contributed by atoms with van der Waals surface area (Å²) in [6, 6.07) is 83.4. The fourth-order valence-corrected chi connectivity index (χ4v) is 12.7. The molecule has 2 heterocycles. The van der Waals surface area contributed by atoms with Gasteiger partial charge in [-0.2, -0.15) is 0 Å². The molecule has 0 N–H and O–H groups in total. The third-order valence-corrected chi connectivity index (χ3v) is 16.4. The van der Waals surface area contributed by atoms with Gasteiger partial charge in [0.15, 0.2) is 0 Å². The van der Waals surface area contributed by atoms with E-state index < -0.39 is 5.41 Å². The van der Waals surface area contributed by atoms with Crippen molar-refractivity contribution < 1.29 is 4.42 Å². The summed E-state index contributed by atoms with van der Waals surface area (Å²) in [5, 5.41) is 4.37. The van der Waals surface area contributed by atoms with Gasteiger partial charge in [0, 0.05) is 45.2 Å². The number of benzene rings is 10. The van der Waals surface area contributed by atoms with Gasteiger partial charge in [0.1, 0.15) is 17.0 Å². The van der Waals surface area contributed by atoms with E-state index >= 15 is 0 Å². The van der Waals surface area contributed by atoms with E-state index in [1.807, 2.05) is 6.20 Å². The average molecular weight is 1020 g/mol. The molecule has 1 aliphatic rings. The number of hydrogen-bond acceptors (Lipinski definition) is 4. The Morgan fingerprint density at radius 1 is 0.418 bits per heavy atom. The summed E-state index contributed by atoms with van der Waals surface area (Å²) < 4.78 is 7.55. The molecular weight excluding hydrogens is 959 g/mol. The van der Waals surface area contributed by atoms with Crippen LogP contribution in [-0.2, 0) is 16.2 Å². The Hall–Kier alpha value is -8.99. The molecule has 0 atom stereocenters. The molecule has 4 heteroatoms. The van der Waals surface area contributed by atoms with E-state index in [2.05, 4.69) is 297 Å². The minimum atomic E-state index is -0.858. The number of para-hydroxylation sites is 1. The predicted molar refractivity (Wildman–Crippen MR) is 333 cm³/mol. The van der Waals surface area contributed by atoms with Crippen LogP contribution in [0.2, 0.25) is 0 Å². The van der Waals surface area contributed by atoms with Crippen molar-refractivity contribution in [2.75, 3.05) is 9.80 Å². The fourth-order valence-electron chi connectivity index (χ4n) is 12.7. The second kappa shape index (κ2) is 18.9. The molecule has 0 saturated carbocycles. The SMILES string of the molecule is Cc1cc(C)cc(N(c2ccc(C(C)(C)C)cc2)c2cc3c(c4ccccc24)-c2c(cc(N(c4ccc(C(C)(C)C)cc4)c4ncc(C)cc4-c4ccccc4)c4c2oc2ccccc24)C3(c2ccccc2)c2ccccc2)c1. The van der Waals surface area contributed by atoms with E-state index in [1.165, 1.54) is 33.4 Å². The quantitative estimate of drug-likeness (QED) is 0.144. The number of rotatable bonds is 9. The zero-order valence-electron chi connectivity index (χ0n) is 46.7. The van der Waals surface area contributed by atoms with Crippen LogP contribution >= 0.6 is 0 Å². The van der Waals surface area contributed by atoms with Crippen LogP contribution in [0.15, 0.2) is 235 Å². The van der Waals surface area contributed by atoms with Gasteiger partial charge in [-0.1, -0.05) is 205 Å². The van der Waals surface area contributed by atoms with Gasteiger partial charge in [-0.05, 0) is 159 Å². The first-order valence-corrected chi connectivity index (χ1v) is 27.8. The molecule has 13 rings (SSSR count). The van der Waals surface area contributed by atoms with Gasteiger partial charge >= 0.3 is 0 Å². The van der Waals surface area contributed by atoms with Gasteiger partial charge in [-0.15, -0.1) is 0 Å². The van der Waals surface area contributed by atoms with Crippen molar-refractivity contribution >= 4 is 67.0 Å². The molecule has 10 aromatic carbocycles. The van der Waals surface area contributed by atoms with Crippen LogP contribution in [0, 0.1) is 20.8 Å². The van der Waals surface area contributed by atoms with Crippen LogP contribution in [0.1, 0.15) is 91.6 Å².